The molecule has 2 heterocycles. The monoisotopic (exact) mass is 552 g/mol. The van der Waals surface area contributed by atoms with Gasteiger partial charge < -0.3 is 39.1 Å². The van der Waals surface area contributed by atoms with Gasteiger partial charge in [0, 0.05) is 35.4 Å². The van der Waals surface area contributed by atoms with Crippen LogP contribution in [0.2, 0.25) is 0 Å². The topological polar surface area (TPSA) is 171 Å². The average Bonchev–Trinajstić information content (AvgIpc) is 2.94. The minimum Gasteiger partial charge on any atom is -0.508 e. The molecule has 6 aromatic rings. The van der Waals surface area contributed by atoms with Crippen molar-refractivity contribution in [3.05, 3.63) is 93.2 Å². The van der Waals surface area contributed by atoms with Gasteiger partial charge in [0.25, 0.3) is 0 Å². The zero-order valence-electron chi connectivity index (χ0n) is 21.2. The number of fused-ring (bicyclic) bond motifs is 2. The van der Waals surface area contributed by atoms with E-state index in [0.717, 1.165) is 24.3 Å². The first-order valence-corrected chi connectivity index (χ1v) is 12.2. The molecule has 0 amide bonds. The first-order valence-electron chi connectivity index (χ1n) is 12.2. The van der Waals surface area contributed by atoms with Gasteiger partial charge in [-0.05, 0) is 48.5 Å². The highest BCUT2D eigenvalue weighted by atomic mass is 16.5. The molecular weight excluding hydrogens is 532 g/mol. The van der Waals surface area contributed by atoms with Gasteiger partial charge in [-0.1, -0.05) is 0 Å². The molecule has 10 heteroatoms. The van der Waals surface area contributed by atoms with Crippen LogP contribution >= 0.6 is 0 Å². The van der Waals surface area contributed by atoms with Gasteiger partial charge in [0.2, 0.25) is 0 Å². The van der Waals surface area contributed by atoms with Crippen LogP contribution in [0, 0.1) is 0 Å². The van der Waals surface area contributed by atoms with Gasteiger partial charge >= 0.3 is 0 Å². The Morgan fingerprint density at radius 2 is 1.15 bits per heavy atom. The van der Waals surface area contributed by atoms with Crippen molar-refractivity contribution in [1.29, 1.82) is 0 Å². The van der Waals surface area contributed by atoms with Crippen molar-refractivity contribution in [3.8, 4) is 68.3 Å². The third kappa shape index (κ3) is 4.14. The Kier molecular flexibility index (Phi) is 5.81. The van der Waals surface area contributed by atoms with Gasteiger partial charge in [-0.3, -0.25) is 9.59 Å². The second-order valence-corrected chi connectivity index (χ2v) is 9.21. The summed E-state index contributed by atoms with van der Waals surface area (Å²) in [5.74, 6) is -1.54. The summed E-state index contributed by atoms with van der Waals surface area (Å²) in [6.07, 6.45) is 0. The first-order chi connectivity index (χ1) is 19.7. The average molecular weight is 552 g/mol. The smallest absolute Gasteiger partial charge is 0.197 e. The van der Waals surface area contributed by atoms with Crippen molar-refractivity contribution >= 4 is 21.9 Å². The van der Waals surface area contributed by atoms with E-state index in [1.807, 2.05) is 0 Å². The Balaban J connectivity index is 1.67. The first kappa shape index (κ1) is 25.4. The molecule has 2 aromatic heterocycles. The molecule has 0 spiro atoms. The fraction of sp³-hybridized carbons (Fsp3) is 0.0323. The third-order valence-electron chi connectivity index (χ3n) is 6.69. The van der Waals surface area contributed by atoms with E-state index >= 15 is 0 Å². The van der Waals surface area contributed by atoms with Crippen LogP contribution in [0.4, 0.5) is 0 Å². The highest BCUT2D eigenvalue weighted by Crippen LogP contribution is 2.50. The van der Waals surface area contributed by atoms with Crippen molar-refractivity contribution in [3.63, 3.8) is 0 Å². The summed E-state index contributed by atoms with van der Waals surface area (Å²) >= 11 is 0. The highest BCUT2D eigenvalue weighted by Gasteiger charge is 2.27. The molecule has 5 N–H and O–H groups in total. The molecule has 4 aromatic carbocycles. The van der Waals surface area contributed by atoms with Crippen molar-refractivity contribution in [1.82, 2.24) is 0 Å². The standard InChI is InChI=1S/C31H20O10/c1-39-24-12-19(35)26-18(34)10-23(15-4-8-17(33)9-5-15)41-31(26)29(24)28-21(37)13-25-27(30(28)38)20(36)11-22(40-25)14-2-6-16(32)7-3-14/h2-13,32-33,35,37-38H,1H3. The molecule has 0 atom stereocenters. The summed E-state index contributed by atoms with van der Waals surface area (Å²) in [5.41, 5.74) is -1.13. The van der Waals surface area contributed by atoms with E-state index in [0.29, 0.717) is 11.1 Å². The van der Waals surface area contributed by atoms with E-state index in [1.54, 1.807) is 0 Å². The number of phenolic OH excluding ortho intramolecular Hbond substituents is 5. The third-order valence-corrected chi connectivity index (χ3v) is 6.69. The van der Waals surface area contributed by atoms with Crippen LogP contribution in [0.5, 0.6) is 34.5 Å². The van der Waals surface area contributed by atoms with Crippen LogP contribution in [-0.2, 0) is 0 Å². The maximum Gasteiger partial charge on any atom is 0.197 e. The predicted octanol–water partition coefficient (Wildman–Crippen LogP) is 5.44. The number of methoxy groups -OCH3 is 1. The molecule has 6 rings (SSSR count). The quantitative estimate of drug-likeness (QED) is 0.190. The van der Waals surface area contributed by atoms with Crippen molar-refractivity contribution < 1.29 is 39.1 Å². The zero-order valence-corrected chi connectivity index (χ0v) is 21.2. The summed E-state index contributed by atoms with van der Waals surface area (Å²) in [7, 11) is 1.28. The molecule has 0 aliphatic rings. The minimum atomic E-state index is -0.672. The minimum absolute atomic E-state index is 0.00435. The van der Waals surface area contributed by atoms with Crippen LogP contribution in [0.1, 0.15) is 0 Å². The van der Waals surface area contributed by atoms with Gasteiger partial charge in [0.1, 0.15) is 62.4 Å². The number of benzene rings is 4. The van der Waals surface area contributed by atoms with Gasteiger partial charge in [0.15, 0.2) is 16.4 Å². The molecule has 41 heavy (non-hydrogen) atoms. The number of hydrogen-bond donors (Lipinski definition) is 5. The SMILES string of the molecule is COc1cc(O)c2c(=O)cc(-c3ccc(O)cc3)oc2c1-c1c(O)cc2oc(-c3ccc(O)cc3)cc(=O)c2c1O. The predicted molar refractivity (Wildman–Crippen MR) is 150 cm³/mol. The summed E-state index contributed by atoms with van der Waals surface area (Å²) < 4.78 is 17.3. The highest BCUT2D eigenvalue weighted by molar-refractivity contribution is 6.06. The Hall–Kier alpha value is -5.90. The molecule has 0 radical (unpaired) electrons. The van der Waals surface area contributed by atoms with Gasteiger partial charge in [-0.15, -0.1) is 0 Å². The van der Waals surface area contributed by atoms with Crippen LogP contribution in [0.15, 0.2) is 91.2 Å². The lowest BCUT2D eigenvalue weighted by molar-refractivity contribution is 0.408. The largest absolute Gasteiger partial charge is 0.508 e. The van der Waals surface area contributed by atoms with Crippen LogP contribution in [0.3, 0.4) is 0 Å². The van der Waals surface area contributed by atoms with E-state index in [9.17, 15) is 35.1 Å². The van der Waals surface area contributed by atoms with Gasteiger partial charge in [-0.25, -0.2) is 0 Å². The fourth-order valence-corrected chi connectivity index (χ4v) is 4.76. The molecule has 0 aliphatic carbocycles. The van der Waals surface area contributed by atoms with Gasteiger partial charge in [-0.2, -0.15) is 0 Å². The van der Waals surface area contributed by atoms with Crippen molar-refractivity contribution in [2.24, 2.45) is 0 Å². The van der Waals surface area contributed by atoms with E-state index in [1.165, 1.54) is 55.6 Å². The lowest BCUT2D eigenvalue weighted by Crippen LogP contribution is -2.04. The van der Waals surface area contributed by atoms with Crippen molar-refractivity contribution in [2.45, 2.75) is 0 Å². The Morgan fingerprint density at radius 3 is 1.71 bits per heavy atom. The van der Waals surface area contributed by atoms with Crippen LogP contribution < -0.4 is 15.6 Å². The van der Waals surface area contributed by atoms with E-state index in [2.05, 4.69) is 0 Å². The molecule has 0 fully saturated rings. The Labute approximate surface area is 229 Å². The number of phenols is 5. The Morgan fingerprint density at radius 1 is 0.610 bits per heavy atom. The maximum absolute atomic E-state index is 13.2. The number of hydrogen-bond acceptors (Lipinski definition) is 10. The lowest BCUT2D eigenvalue weighted by Gasteiger charge is -2.16. The van der Waals surface area contributed by atoms with Crippen molar-refractivity contribution in [2.75, 3.05) is 7.11 Å². The second-order valence-electron chi connectivity index (χ2n) is 9.21. The number of rotatable bonds is 4. The molecule has 0 bridgehead atoms. The van der Waals surface area contributed by atoms with Gasteiger partial charge in [0.05, 0.1) is 18.2 Å². The molecular formula is C31H20O10. The summed E-state index contributed by atoms with van der Waals surface area (Å²) in [4.78, 5) is 26.4. The Bertz CT molecular complexity index is 2100. The maximum atomic E-state index is 13.2. The number of ether oxygens (including phenoxy) is 1. The summed E-state index contributed by atoms with van der Waals surface area (Å²) in [5, 5.41) is 51.9. The lowest BCUT2D eigenvalue weighted by atomic mass is 9.96. The molecule has 0 unspecified atom stereocenters. The van der Waals surface area contributed by atoms with Crippen LogP contribution in [0.25, 0.3) is 55.7 Å². The summed E-state index contributed by atoms with van der Waals surface area (Å²) in [6, 6.07) is 16.3. The molecule has 204 valence electrons. The summed E-state index contributed by atoms with van der Waals surface area (Å²) in [6.45, 7) is 0. The molecule has 0 saturated heterocycles. The van der Waals surface area contributed by atoms with Crippen LogP contribution in [-0.4, -0.2) is 32.6 Å². The van der Waals surface area contributed by atoms with E-state index < -0.39 is 28.1 Å². The molecule has 0 saturated carbocycles. The molecule has 0 aliphatic heterocycles. The van der Waals surface area contributed by atoms with E-state index in [4.69, 9.17) is 13.6 Å². The molecule has 10 nitrogen and oxygen atoms in total. The normalized spacial score (nSPS) is 11.2. The second kappa shape index (κ2) is 9.38. The van der Waals surface area contributed by atoms with E-state index in [-0.39, 0.29) is 61.8 Å². The number of aromatic hydroxyl groups is 5. The fourth-order valence-electron chi connectivity index (χ4n) is 4.76. The zero-order chi connectivity index (χ0) is 29.0.